The molecule has 0 saturated carbocycles. The molecule has 0 atom stereocenters. The van der Waals surface area contributed by atoms with E-state index in [4.69, 9.17) is 5.11 Å². The Morgan fingerprint density at radius 1 is 1.22 bits per heavy atom. The van der Waals surface area contributed by atoms with Crippen LogP contribution in [-0.2, 0) is 0 Å². The number of nitrogens with one attached hydrogen (secondary N) is 1. The highest BCUT2D eigenvalue weighted by Crippen LogP contribution is 2.21. The number of rotatable bonds is 3. The maximum absolute atomic E-state index is 11.1. The lowest BCUT2D eigenvalue weighted by Gasteiger charge is -2.10. The summed E-state index contributed by atoms with van der Waals surface area (Å²) in [6, 6.07) is 7.15. The van der Waals surface area contributed by atoms with E-state index in [1.807, 2.05) is 19.1 Å². The van der Waals surface area contributed by atoms with E-state index in [0.717, 1.165) is 22.5 Å². The largest absolute Gasteiger partial charge is 0.478 e. The van der Waals surface area contributed by atoms with Crippen LogP contribution in [0.5, 0.6) is 0 Å². The van der Waals surface area contributed by atoms with Crippen molar-refractivity contribution >= 4 is 17.3 Å². The van der Waals surface area contributed by atoms with E-state index >= 15 is 0 Å². The standard InChI is InChI=1S/C14H14N2O2/c1-9-3-4-11(7-12(9)14(17)18)16-13-5-6-15-8-10(13)2/h3-8H,1-2H3,(H,15,16)(H,17,18). The Morgan fingerprint density at radius 2 is 2.00 bits per heavy atom. The number of pyridine rings is 1. The molecule has 2 N–H and O–H groups in total. The molecule has 1 aromatic carbocycles. The lowest BCUT2D eigenvalue weighted by molar-refractivity contribution is 0.0696. The first-order chi connectivity index (χ1) is 8.58. The SMILES string of the molecule is Cc1cnccc1Nc1ccc(C)c(C(=O)O)c1. The van der Waals surface area contributed by atoms with Crippen LogP contribution in [0, 0.1) is 13.8 Å². The summed E-state index contributed by atoms with van der Waals surface area (Å²) < 4.78 is 0. The molecule has 0 unspecified atom stereocenters. The van der Waals surface area contributed by atoms with Gasteiger partial charge in [0, 0.05) is 23.8 Å². The van der Waals surface area contributed by atoms with Crippen LogP contribution < -0.4 is 5.32 Å². The number of carboxylic acid groups (broad SMARTS) is 1. The average molecular weight is 242 g/mol. The zero-order valence-electron chi connectivity index (χ0n) is 10.3. The second-order valence-electron chi connectivity index (χ2n) is 4.15. The van der Waals surface area contributed by atoms with Crippen LogP contribution in [0.25, 0.3) is 0 Å². The molecule has 0 radical (unpaired) electrons. The molecule has 0 spiro atoms. The van der Waals surface area contributed by atoms with Gasteiger partial charge in [-0.05, 0) is 43.2 Å². The average Bonchev–Trinajstić information content (AvgIpc) is 2.34. The van der Waals surface area contributed by atoms with Crippen molar-refractivity contribution in [1.29, 1.82) is 0 Å². The van der Waals surface area contributed by atoms with Crippen LogP contribution >= 0.6 is 0 Å². The Kier molecular flexibility index (Phi) is 3.28. The Morgan fingerprint density at radius 3 is 2.67 bits per heavy atom. The molecule has 4 nitrogen and oxygen atoms in total. The zero-order valence-corrected chi connectivity index (χ0v) is 10.3. The summed E-state index contributed by atoms with van der Waals surface area (Å²) in [7, 11) is 0. The Hall–Kier alpha value is -2.36. The van der Waals surface area contributed by atoms with Crippen LogP contribution in [-0.4, -0.2) is 16.1 Å². The molecule has 92 valence electrons. The maximum atomic E-state index is 11.1. The first kappa shape index (κ1) is 12.1. The molecule has 1 heterocycles. The van der Waals surface area contributed by atoms with Crippen molar-refractivity contribution in [3.8, 4) is 0 Å². The van der Waals surface area contributed by atoms with Crippen LogP contribution in [0.3, 0.4) is 0 Å². The number of carbonyl (C=O) groups is 1. The molecule has 2 aromatic rings. The summed E-state index contributed by atoms with van der Waals surface area (Å²) >= 11 is 0. The number of hydrogen-bond donors (Lipinski definition) is 2. The topological polar surface area (TPSA) is 62.2 Å². The molecular weight excluding hydrogens is 228 g/mol. The number of aryl methyl sites for hydroxylation is 2. The minimum absolute atomic E-state index is 0.312. The third-order valence-corrected chi connectivity index (χ3v) is 2.77. The van der Waals surface area contributed by atoms with Gasteiger partial charge in [0.05, 0.1) is 5.56 Å². The molecule has 1 aromatic heterocycles. The van der Waals surface area contributed by atoms with Crippen molar-refractivity contribution in [1.82, 2.24) is 4.98 Å². The van der Waals surface area contributed by atoms with Gasteiger partial charge in [0.15, 0.2) is 0 Å². The summed E-state index contributed by atoms with van der Waals surface area (Å²) in [4.78, 5) is 15.1. The monoisotopic (exact) mass is 242 g/mol. The lowest BCUT2D eigenvalue weighted by Crippen LogP contribution is -2.01. The number of carboxylic acids is 1. The van der Waals surface area contributed by atoms with E-state index in [-0.39, 0.29) is 0 Å². The number of benzene rings is 1. The minimum atomic E-state index is -0.914. The van der Waals surface area contributed by atoms with Gasteiger partial charge >= 0.3 is 5.97 Å². The van der Waals surface area contributed by atoms with Crippen LogP contribution in [0.4, 0.5) is 11.4 Å². The van der Waals surface area contributed by atoms with Gasteiger partial charge in [0.1, 0.15) is 0 Å². The molecule has 4 heteroatoms. The number of anilines is 2. The summed E-state index contributed by atoms with van der Waals surface area (Å²) in [6.07, 6.45) is 3.45. The van der Waals surface area contributed by atoms with Gasteiger partial charge in [-0.1, -0.05) is 6.07 Å². The van der Waals surface area contributed by atoms with E-state index < -0.39 is 5.97 Å². The first-order valence-corrected chi connectivity index (χ1v) is 5.59. The Bertz CT molecular complexity index is 594. The Balaban J connectivity index is 2.33. The fourth-order valence-corrected chi connectivity index (χ4v) is 1.70. The normalized spacial score (nSPS) is 10.1. The van der Waals surface area contributed by atoms with Crippen molar-refractivity contribution in [2.75, 3.05) is 5.32 Å². The number of nitrogens with zero attached hydrogens (tertiary/aromatic N) is 1. The van der Waals surface area contributed by atoms with E-state index in [0.29, 0.717) is 5.56 Å². The predicted molar refractivity (Wildman–Crippen MR) is 70.4 cm³/mol. The zero-order chi connectivity index (χ0) is 13.1. The molecule has 0 amide bonds. The highest BCUT2D eigenvalue weighted by Gasteiger charge is 2.08. The van der Waals surface area contributed by atoms with Crippen LogP contribution in [0.15, 0.2) is 36.7 Å². The van der Waals surface area contributed by atoms with Gasteiger partial charge in [0.25, 0.3) is 0 Å². The minimum Gasteiger partial charge on any atom is -0.478 e. The van der Waals surface area contributed by atoms with E-state index in [2.05, 4.69) is 10.3 Å². The van der Waals surface area contributed by atoms with Crippen LogP contribution in [0.1, 0.15) is 21.5 Å². The van der Waals surface area contributed by atoms with Gasteiger partial charge in [-0.25, -0.2) is 4.79 Å². The van der Waals surface area contributed by atoms with E-state index in [9.17, 15) is 4.79 Å². The lowest BCUT2D eigenvalue weighted by atomic mass is 10.1. The molecule has 0 aliphatic rings. The van der Waals surface area contributed by atoms with Crippen molar-refractivity contribution in [3.63, 3.8) is 0 Å². The van der Waals surface area contributed by atoms with Crippen molar-refractivity contribution in [2.24, 2.45) is 0 Å². The van der Waals surface area contributed by atoms with Crippen molar-refractivity contribution < 1.29 is 9.90 Å². The second-order valence-corrected chi connectivity index (χ2v) is 4.15. The summed E-state index contributed by atoms with van der Waals surface area (Å²) in [5, 5.41) is 12.3. The molecule has 0 aliphatic heterocycles. The number of aromatic nitrogens is 1. The van der Waals surface area contributed by atoms with Gasteiger partial charge in [-0.2, -0.15) is 0 Å². The van der Waals surface area contributed by atoms with E-state index in [1.165, 1.54) is 0 Å². The highest BCUT2D eigenvalue weighted by atomic mass is 16.4. The summed E-state index contributed by atoms with van der Waals surface area (Å²) in [5.74, 6) is -0.914. The molecule has 0 saturated heterocycles. The molecule has 0 fully saturated rings. The van der Waals surface area contributed by atoms with E-state index in [1.54, 1.807) is 31.5 Å². The van der Waals surface area contributed by atoms with Gasteiger partial charge in [-0.15, -0.1) is 0 Å². The fourth-order valence-electron chi connectivity index (χ4n) is 1.70. The molecular formula is C14H14N2O2. The molecule has 0 aliphatic carbocycles. The first-order valence-electron chi connectivity index (χ1n) is 5.59. The highest BCUT2D eigenvalue weighted by molar-refractivity contribution is 5.90. The quantitative estimate of drug-likeness (QED) is 0.868. The van der Waals surface area contributed by atoms with Gasteiger partial charge in [-0.3, -0.25) is 4.98 Å². The van der Waals surface area contributed by atoms with Crippen molar-refractivity contribution in [3.05, 3.63) is 53.3 Å². The predicted octanol–water partition coefficient (Wildman–Crippen LogP) is 3.14. The summed E-state index contributed by atoms with van der Waals surface area (Å²) in [6.45, 7) is 3.73. The molecule has 18 heavy (non-hydrogen) atoms. The maximum Gasteiger partial charge on any atom is 0.336 e. The number of aromatic carboxylic acids is 1. The van der Waals surface area contributed by atoms with Crippen LogP contribution in [0.2, 0.25) is 0 Å². The number of hydrogen-bond acceptors (Lipinski definition) is 3. The second kappa shape index (κ2) is 4.87. The third kappa shape index (κ3) is 2.48. The summed E-state index contributed by atoms with van der Waals surface area (Å²) in [5.41, 5.74) is 3.75. The third-order valence-electron chi connectivity index (χ3n) is 2.77. The Labute approximate surface area is 105 Å². The van der Waals surface area contributed by atoms with Crippen molar-refractivity contribution in [2.45, 2.75) is 13.8 Å². The van der Waals surface area contributed by atoms with Gasteiger partial charge in [0.2, 0.25) is 0 Å². The van der Waals surface area contributed by atoms with Gasteiger partial charge < -0.3 is 10.4 Å². The molecule has 0 bridgehead atoms. The molecule has 2 rings (SSSR count). The smallest absolute Gasteiger partial charge is 0.336 e. The fraction of sp³-hybridized carbons (Fsp3) is 0.143.